The Balaban J connectivity index is 1.68. The minimum Gasteiger partial charge on any atom is -0.336 e. The molecular formula is C18H23N3O3S2. The molecule has 8 heteroatoms. The Hall–Kier alpha value is -1.77. The Morgan fingerprint density at radius 2 is 1.73 bits per heavy atom. The van der Waals surface area contributed by atoms with E-state index in [-0.39, 0.29) is 5.91 Å². The molecule has 0 atom stereocenters. The predicted octanol–water partition coefficient (Wildman–Crippen LogP) is 2.72. The molecule has 1 aliphatic heterocycles. The predicted molar refractivity (Wildman–Crippen MR) is 102 cm³/mol. The van der Waals surface area contributed by atoms with Gasteiger partial charge in [-0.2, -0.15) is 8.68 Å². The highest BCUT2D eigenvalue weighted by molar-refractivity contribution is 7.89. The van der Waals surface area contributed by atoms with Crippen LogP contribution in [0, 0.1) is 6.92 Å². The number of piperazine rings is 1. The van der Waals surface area contributed by atoms with E-state index < -0.39 is 10.0 Å². The lowest BCUT2D eigenvalue weighted by atomic mass is 10.0. The standard InChI is InChI=1S/C18H23N3O3S2/c1-13(2)15-4-6-16(7-5-15)26(23,24)21-10-8-20(9-11-21)18(22)17-12-25-19-14(17)3/h4-7,12-13H,8-11H2,1-3H3. The lowest BCUT2D eigenvalue weighted by Crippen LogP contribution is -2.50. The van der Waals surface area contributed by atoms with Crippen LogP contribution < -0.4 is 0 Å². The summed E-state index contributed by atoms with van der Waals surface area (Å²) in [6.45, 7) is 7.34. The van der Waals surface area contributed by atoms with E-state index in [0.717, 1.165) is 11.3 Å². The number of benzene rings is 1. The first-order valence-corrected chi connectivity index (χ1v) is 10.9. The lowest BCUT2D eigenvalue weighted by molar-refractivity contribution is 0.0697. The molecule has 140 valence electrons. The van der Waals surface area contributed by atoms with Crippen LogP contribution in [-0.4, -0.2) is 54.1 Å². The highest BCUT2D eigenvalue weighted by atomic mass is 32.2. The van der Waals surface area contributed by atoms with Crippen molar-refractivity contribution in [2.24, 2.45) is 0 Å². The number of aryl methyl sites for hydroxylation is 1. The summed E-state index contributed by atoms with van der Waals surface area (Å²) in [7, 11) is -3.53. The minimum atomic E-state index is -3.53. The van der Waals surface area contributed by atoms with Crippen LogP contribution in [0.5, 0.6) is 0 Å². The number of hydrogen-bond acceptors (Lipinski definition) is 5. The quantitative estimate of drug-likeness (QED) is 0.801. The largest absolute Gasteiger partial charge is 0.336 e. The van der Waals surface area contributed by atoms with Gasteiger partial charge in [0.2, 0.25) is 10.0 Å². The van der Waals surface area contributed by atoms with E-state index in [2.05, 4.69) is 18.2 Å². The van der Waals surface area contributed by atoms with Crippen molar-refractivity contribution in [3.8, 4) is 0 Å². The van der Waals surface area contributed by atoms with Gasteiger partial charge in [-0.3, -0.25) is 4.79 Å². The number of aromatic nitrogens is 1. The second kappa shape index (κ2) is 7.46. The number of nitrogens with zero attached hydrogens (tertiary/aromatic N) is 3. The van der Waals surface area contributed by atoms with Crippen molar-refractivity contribution in [2.45, 2.75) is 31.6 Å². The summed E-state index contributed by atoms with van der Waals surface area (Å²) in [4.78, 5) is 14.5. The second-order valence-corrected chi connectivity index (χ2v) is 9.30. The first-order chi connectivity index (χ1) is 12.3. The summed E-state index contributed by atoms with van der Waals surface area (Å²) in [6.07, 6.45) is 0. The van der Waals surface area contributed by atoms with E-state index in [4.69, 9.17) is 0 Å². The minimum absolute atomic E-state index is 0.0745. The molecule has 0 bridgehead atoms. The average Bonchev–Trinajstić information content (AvgIpc) is 3.07. The van der Waals surface area contributed by atoms with Crippen molar-refractivity contribution >= 4 is 27.5 Å². The van der Waals surface area contributed by atoms with Crippen molar-refractivity contribution in [2.75, 3.05) is 26.2 Å². The molecule has 0 spiro atoms. The Bertz CT molecular complexity index is 881. The number of amides is 1. The molecule has 0 unspecified atom stereocenters. The molecule has 0 saturated carbocycles. The zero-order chi connectivity index (χ0) is 18.9. The van der Waals surface area contributed by atoms with Gasteiger partial charge in [0.15, 0.2) is 0 Å². The second-order valence-electron chi connectivity index (χ2n) is 6.73. The van der Waals surface area contributed by atoms with Gasteiger partial charge in [0.1, 0.15) is 0 Å². The van der Waals surface area contributed by atoms with Gasteiger partial charge in [0, 0.05) is 31.6 Å². The van der Waals surface area contributed by atoms with Crippen LogP contribution in [0.15, 0.2) is 34.5 Å². The molecule has 1 amide bonds. The maximum absolute atomic E-state index is 12.8. The third kappa shape index (κ3) is 3.67. The maximum Gasteiger partial charge on any atom is 0.256 e. The van der Waals surface area contributed by atoms with E-state index >= 15 is 0 Å². The number of rotatable bonds is 4. The van der Waals surface area contributed by atoms with Crippen molar-refractivity contribution in [3.63, 3.8) is 0 Å². The summed E-state index contributed by atoms with van der Waals surface area (Å²) in [5, 5.41) is 1.75. The van der Waals surface area contributed by atoms with E-state index in [1.54, 1.807) is 22.4 Å². The molecule has 2 aromatic rings. The van der Waals surface area contributed by atoms with Gasteiger partial charge in [0.25, 0.3) is 5.91 Å². The number of sulfonamides is 1. The molecule has 1 aliphatic rings. The number of carbonyl (C=O) groups excluding carboxylic acids is 1. The van der Waals surface area contributed by atoms with Gasteiger partial charge >= 0.3 is 0 Å². The van der Waals surface area contributed by atoms with E-state index in [1.807, 2.05) is 19.1 Å². The fourth-order valence-corrected chi connectivity index (χ4v) is 5.08. The average molecular weight is 394 g/mol. The number of carbonyl (C=O) groups is 1. The Labute approximate surface area is 158 Å². The molecule has 1 aromatic heterocycles. The van der Waals surface area contributed by atoms with Crippen molar-refractivity contribution < 1.29 is 13.2 Å². The Morgan fingerprint density at radius 1 is 1.12 bits per heavy atom. The summed E-state index contributed by atoms with van der Waals surface area (Å²) >= 11 is 1.26. The van der Waals surface area contributed by atoms with Crippen molar-refractivity contribution in [3.05, 3.63) is 46.5 Å². The molecule has 1 aromatic carbocycles. The van der Waals surface area contributed by atoms with Crippen molar-refractivity contribution in [1.82, 2.24) is 13.6 Å². The Kier molecular flexibility index (Phi) is 5.45. The fraction of sp³-hybridized carbons (Fsp3) is 0.444. The molecule has 2 heterocycles. The topological polar surface area (TPSA) is 70.6 Å². The van der Waals surface area contributed by atoms with Crippen LogP contribution in [0.3, 0.4) is 0 Å². The molecule has 0 radical (unpaired) electrons. The molecule has 26 heavy (non-hydrogen) atoms. The summed E-state index contributed by atoms with van der Waals surface area (Å²) in [5.41, 5.74) is 2.44. The van der Waals surface area contributed by atoms with Crippen molar-refractivity contribution in [1.29, 1.82) is 0 Å². The summed E-state index contributed by atoms with van der Waals surface area (Å²) in [5.74, 6) is 0.283. The van der Waals surface area contributed by atoms with Crippen LogP contribution in [0.4, 0.5) is 0 Å². The van der Waals surface area contributed by atoms with E-state index in [0.29, 0.717) is 42.6 Å². The zero-order valence-corrected chi connectivity index (χ0v) is 16.8. The van der Waals surface area contributed by atoms with Crippen LogP contribution in [-0.2, 0) is 10.0 Å². The van der Waals surface area contributed by atoms with Gasteiger partial charge in [-0.1, -0.05) is 26.0 Å². The maximum atomic E-state index is 12.8. The first kappa shape index (κ1) is 19.0. The lowest BCUT2D eigenvalue weighted by Gasteiger charge is -2.34. The van der Waals surface area contributed by atoms with E-state index in [1.165, 1.54) is 15.8 Å². The Morgan fingerprint density at radius 3 is 2.23 bits per heavy atom. The molecular weight excluding hydrogens is 370 g/mol. The third-order valence-electron chi connectivity index (χ3n) is 4.69. The molecule has 1 saturated heterocycles. The molecule has 6 nitrogen and oxygen atoms in total. The highest BCUT2D eigenvalue weighted by Crippen LogP contribution is 2.22. The van der Waals surface area contributed by atoms with E-state index in [9.17, 15) is 13.2 Å². The van der Waals surface area contributed by atoms with Crippen LogP contribution in [0.1, 0.15) is 41.4 Å². The third-order valence-corrected chi connectivity index (χ3v) is 7.32. The van der Waals surface area contributed by atoms with Gasteiger partial charge < -0.3 is 4.90 Å². The molecule has 3 rings (SSSR count). The SMILES string of the molecule is Cc1nscc1C(=O)N1CCN(S(=O)(=O)c2ccc(C(C)C)cc2)CC1. The van der Waals surface area contributed by atoms with Crippen LogP contribution in [0.2, 0.25) is 0 Å². The van der Waals surface area contributed by atoms with Gasteiger partial charge in [-0.05, 0) is 42.1 Å². The summed E-state index contributed by atoms with van der Waals surface area (Å²) < 4.78 is 31.3. The smallest absolute Gasteiger partial charge is 0.256 e. The highest BCUT2D eigenvalue weighted by Gasteiger charge is 2.31. The molecule has 1 fully saturated rings. The fourth-order valence-electron chi connectivity index (χ4n) is 2.97. The van der Waals surface area contributed by atoms with Gasteiger partial charge in [-0.25, -0.2) is 8.42 Å². The summed E-state index contributed by atoms with van der Waals surface area (Å²) in [6, 6.07) is 7.07. The van der Waals surface area contributed by atoms with Gasteiger partial charge in [0.05, 0.1) is 16.2 Å². The van der Waals surface area contributed by atoms with Gasteiger partial charge in [-0.15, -0.1) is 0 Å². The monoisotopic (exact) mass is 393 g/mol. The zero-order valence-electron chi connectivity index (χ0n) is 15.2. The first-order valence-electron chi connectivity index (χ1n) is 8.61. The molecule has 0 N–H and O–H groups in total. The molecule has 0 aliphatic carbocycles. The number of hydrogen-bond donors (Lipinski definition) is 0. The van der Waals surface area contributed by atoms with Crippen LogP contribution in [0.25, 0.3) is 0 Å². The normalized spacial score (nSPS) is 16.2. The van der Waals surface area contributed by atoms with Crippen LogP contribution >= 0.6 is 11.5 Å².